The Morgan fingerprint density at radius 1 is 1.16 bits per heavy atom. The summed E-state index contributed by atoms with van der Waals surface area (Å²) in [7, 11) is -3.45. The molecule has 0 saturated heterocycles. The molecular formula is C18H20N2O4S. The van der Waals surface area contributed by atoms with Gasteiger partial charge in [-0.15, -0.1) is 0 Å². The van der Waals surface area contributed by atoms with Crippen molar-refractivity contribution in [3.05, 3.63) is 54.1 Å². The second kappa shape index (κ2) is 6.76. The number of aryl methyl sites for hydroxylation is 1. The lowest BCUT2D eigenvalue weighted by Gasteiger charge is -2.20. The van der Waals surface area contributed by atoms with Crippen LogP contribution in [0.5, 0.6) is 5.75 Å². The molecule has 0 saturated carbocycles. The molecule has 0 aromatic heterocycles. The maximum absolute atomic E-state index is 12.6. The third-order valence-corrected chi connectivity index (χ3v) is 5.19. The van der Waals surface area contributed by atoms with E-state index in [2.05, 4.69) is 5.32 Å². The Morgan fingerprint density at radius 3 is 2.52 bits per heavy atom. The minimum absolute atomic E-state index is 0.182. The molecule has 6 nitrogen and oxygen atoms in total. The van der Waals surface area contributed by atoms with Crippen LogP contribution in [0.15, 0.2) is 48.5 Å². The number of benzene rings is 2. The van der Waals surface area contributed by atoms with E-state index in [4.69, 9.17) is 4.74 Å². The maximum atomic E-state index is 12.6. The molecule has 1 N–H and O–H groups in total. The molecule has 1 amide bonds. The quantitative estimate of drug-likeness (QED) is 0.913. The maximum Gasteiger partial charge on any atom is 0.265 e. The van der Waals surface area contributed by atoms with Gasteiger partial charge < -0.3 is 10.1 Å². The summed E-state index contributed by atoms with van der Waals surface area (Å²) >= 11 is 0. The summed E-state index contributed by atoms with van der Waals surface area (Å²) in [5.74, 6) is 0.0866. The smallest absolute Gasteiger partial charge is 0.265 e. The van der Waals surface area contributed by atoms with E-state index in [1.165, 1.54) is 4.31 Å². The van der Waals surface area contributed by atoms with Crippen LogP contribution in [0.3, 0.4) is 0 Å². The Hall–Kier alpha value is -2.54. The van der Waals surface area contributed by atoms with Gasteiger partial charge in [0.25, 0.3) is 5.91 Å². The summed E-state index contributed by atoms with van der Waals surface area (Å²) in [4.78, 5) is 12.6. The van der Waals surface area contributed by atoms with Crippen molar-refractivity contribution in [3.63, 3.8) is 0 Å². The molecule has 0 spiro atoms. The van der Waals surface area contributed by atoms with Crippen LogP contribution in [-0.2, 0) is 14.8 Å². The molecule has 0 radical (unpaired) electrons. The van der Waals surface area contributed by atoms with Crippen LogP contribution in [0.1, 0.15) is 12.0 Å². The number of fused-ring (bicyclic) bond motifs is 1. The summed E-state index contributed by atoms with van der Waals surface area (Å²) < 4.78 is 31.2. The predicted molar refractivity (Wildman–Crippen MR) is 97.5 cm³/mol. The number of ether oxygens (including phenoxy) is 1. The number of nitrogens with one attached hydrogen (secondary N) is 1. The van der Waals surface area contributed by atoms with Crippen LogP contribution < -0.4 is 14.4 Å². The first kappa shape index (κ1) is 17.3. The van der Waals surface area contributed by atoms with Gasteiger partial charge in [-0.1, -0.05) is 29.8 Å². The number of para-hydroxylation sites is 2. The van der Waals surface area contributed by atoms with Crippen molar-refractivity contribution >= 4 is 27.3 Å². The van der Waals surface area contributed by atoms with E-state index in [9.17, 15) is 13.2 Å². The van der Waals surface area contributed by atoms with E-state index in [1.54, 1.807) is 24.3 Å². The Morgan fingerprint density at radius 2 is 1.84 bits per heavy atom. The highest BCUT2D eigenvalue weighted by molar-refractivity contribution is 7.92. The summed E-state index contributed by atoms with van der Waals surface area (Å²) in [5, 5.41) is 2.82. The lowest BCUT2D eigenvalue weighted by atomic mass is 10.2. The van der Waals surface area contributed by atoms with E-state index < -0.39 is 16.1 Å². The second-order valence-electron chi connectivity index (χ2n) is 6.05. The molecule has 132 valence electrons. The van der Waals surface area contributed by atoms with Crippen molar-refractivity contribution in [3.8, 4) is 5.75 Å². The zero-order chi connectivity index (χ0) is 18.0. The molecule has 25 heavy (non-hydrogen) atoms. The molecule has 2 aromatic carbocycles. The molecular weight excluding hydrogens is 340 g/mol. The van der Waals surface area contributed by atoms with Gasteiger partial charge in [0, 0.05) is 18.7 Å². The van der Waals surface area contributed by atoms with Gasteiger partial charge in [0.05, 0.1) is 11.9 Å². The van der Waals surface area contributed by atoms with Gasteiger partial charge in [0.15, 0.2) is 6.10 Å². The summed E-state index contributed by atoms with van der Waals surface area (Å²) in [6, 6.07) is 14.3. The second-order valence-corrected chi connectivity index (χ2v) is 7.96. The number of hydrogen-bond acceptors (Lipinski definition) is 4. The molecule has 0 fully saturated rings. The fraction of sp³-hybridized carbons (Fsp3) is 0.278. The van der Waals surface area contributed by atoms with Crippen LogP contribution in [0.25, 0.3) is 0 Å². The van der Waals surface area contributed by atoms with Crippen molar-refractivity contribution in [2.24, 2.45) is 0 Å². The standard InChI is InChI=1S/C18H20N2O4S/c1-13-7-9-14(10-8-13)19-18(21)17-11-12-20(25(2,22)23)15-5-3-4-6-16(15)24-17/h3-10,17H,11-12H2,1-2H3,(H,19,21)/t17-/m1/s1. The van der Waals surface area contributed by atoms with Gasteiger partial charge in [0.1, 0.15) is 5.75 Å². The van der Waals surface area contributed by atoms with E-state index in [1.807, 2.05) is 31.2 Å². The molecule has 1 aliphatic rings. The first-order valence-electron chi connectivity index (χ1n) is 7.95. The lowest BCUT2D eigenvalue weighted by molar-refractivity contribution is -0.122. The first-order valence-corrected chi connectivity index (χ1v) is 9.80. The van der Waals surface area contributed by atoms with Crippen molar-refractivity contribution < 1.29 is 17.9 Å². The lowest BCUT2D eigenvalue weighted by Crippen LogP contribution is -2.35. The van der Waals surface area contributed by atoms with E-state index in [0.29, 0.717) is 17.1 Å². The number of sulfonamides is 1. The highest BCUT2D eigenvalue weighted by Crippen LogP contribution is 2.34. The number of rotatable bonds is 3. The molecule has 1 heterocycles. The summed E-state index contributed by atoms with van der Waals surface area (Å²) in [6.45, 7) is 2.15. The normalized spacial score (nSPS) is 17.2. The molecule has 0 unspecified atom stereocenters. The van der Waals surface area contributed by atoms with Gasteiger partial charge in [-0.3, -0.25) is 9.10 Å². The molecule has 7 heteroatoms. The van der Waals surface area contributed by atoms with Crippen LogP contribution in [0.4, 0.5) is 11.4 Å². The average Bonchev–Trinajstić information content (AvgIpc) is 2.76. The molecule has 1 atom stereocenters. The van der Waals surface area contributed by atoms with Crippen molar-refractivity contribution in [2.45, 2.75) is 19.4 Å². The highest BCUT2D eigenvalue weighted by atomic mass is 32.2. The molecule has 3 rings (SSSR count). The predicted octanol–water partition coefficient (Wildman–Crippen LogP) is 2.55. The van der Waals surface area contributed by atoms with Crippen molar-refractivity contribution in [2.75, 3.05) is 22.4 Å². The Labute approximate surface area is 147 Å². The van der Waals surface area contributed by atoms with Crippen molar-refractivity contribution in [1.82, 2.24) is 0 Å². The van der Waals surface area contributed by atoms with Gasteiger partial charge in [0.2, 0.25) is 10.0 Å². The zero-order valence-electron chi connectivity index (χ0n) is 14.1. The van der Waals surface area contributed by atoms with Gasteiger partial charge in [-0.05, 0) is 31.2 Å². The first-order chi connectivity index (χ1) is 11.8. The number of carbonyl (C=O) groups is 1. The molecule has 0 aliphatic carbocycles. The van der Waals surface area contributed by atoms with Gasteiger partial charge >= 0.3 is 0 Å². The Bertz CT molecular complexity index is 878. The number of carbonyl (C=O) groups excluding carboxylic acids is 1. The van der Waals surface area contributed by atoms with E-state index in [-0.39, 0.29) is 18.9 Å². The van der Waals surface area contributed by atoms with E-state index >= 15 is 0 Å². The number of nitrogens with zero attached hydrogens (tertiary/aromatic N) is 1. The van der Waals surface area contributed by atoms with Crippen LogP contribution in [0.2, 0.25) is 0 Å². The third-order valence-electron chi connectivity index (χ3n) is 4.01. The summed E-state index contributed by atoms with van der Waals surface area (Å²) in [6.07, 6.45) is 0.643. The Balaban J connectivity index is 1.83. The largest absolute Gasteiger partial charge is 0.478 e. The topological polar surface area (TPSA) is 75.7 Å². The van der Waals surface area contributed by atoms with Crippen LogP contribution >= 0.6 is 0 Å². The molecule has 1 aliphatic heterocycles. The molecule has 2 aromatic rings. The summed E-state index contributed by atoms with van der Waals surface area (Å²) in [5.41, 5.74) is 2.23. The van der Waals surface area contributed by atoms with Crippen molar-refractivity contribution in [1.29, 1.82) is 0 Å². The molecule has 0 bridgehead atoms. The van der Waals surface area contributed by atoms with Crippen LogP contribution in [-0.4, -0.2) is 33.2 Å². The zero-order valence-corrected chi connectivity index (χ0v) is 14.9. The highest BCUT2D eigenvalue weighted by Gasteiger charge is 2.30. The third kappa shape index (κ3) is 3.93. The number of amides is 1. The minimum atomic E-state index is -3.45. The average molecular weight is 360 g/mol. The van der Waals surface area contributed by atoms with Gasteiger partial charge in [-0.2, -0.15) is 0 Å². The number of anilines is 2. The Kier molecular flexibility index (Phi) is 4.67. The van der Waals surface area contributed by atoms with Crippen LogP contribution in [0, 0.1) is 6.92 Å². The van der Waals surface area contributed by atoms with E-state index in [0.717, 1.165) is 11.8 Å². The van der Waals surface area contributed by atoms with Gasteiger partial charge in [-0.25, -0.2) is 8.42 Å². The SMILES string of the molecule is Cc1ccc(NC(=O)[C@H]2CCN(S(C)(=O)=O)c3ccccc3O2)cc1. The number of hydrogen-bond donors (Lipinski definition) is 1. The monoisotopic (exact) mass is 360 g/mol. The minimum Gasteiger partial charge on any atom is -0.478 e. The fourth-order valence-electron chi connectivity index (χ4n) is 2.72. The fourth-order valence-corrected chi connectivity index (χ4v) is 3.66.